The van der Waals surface area contributed by atoms with Crippen molar-refractivity contribution in [3.63, 3.8) is 0 Å². The van der Waals surface area contributed by atoms with Crippen molar-refractivity contribution in [2.24, 2.45) is 5.73 Å². The van der Waals surface area contributed by atoms with Gasteiger partial charge in [0.1, 0.15) is 0 Å². The third-order valence-electron chi connectivity index (χ3n) is 2.14. The van der Waals surface area contributed by atoms with Gasteiger partial charge in [-0.3, -0.25) is 4.98 Å². The summed E-state index contributed by atoms with van der Waals surface area (Å²) in [5, 5.41) is 9.33. The summed E-state index contributed by atoms with van der Waals surface area (Å²) in [6.45, 7) is 3.73. The van der Waals surface area contributed by atoms with Crippen LogP contribution >= 0.6 is 0 Å². The van der Waals surface area contributed by atoms with Crippen molar-refractivity contribution in [2.45, 2.75) is 32.4 Å². The number of nitrogens with two attached hydrogens (primary N) is 1. The van der Waals surface area contributed by atoms with Crippen LogP contribution in [0.15, 0.2) is 18.3 Å². The lowest BCUT2D eigenvalue weighted by Crippen LogP contribution is -2.25. The van der Waals surface area contributed by atoms with Crippen LogP contribution in [0.1, 0.15) is 31.1 Å². The van der Waals surface area contributed by atoms with Crippen molar-refractivity contribution in [1.29, 1.82) is 0 Å². The van der Waals surface area contributed by atoms with E-state index in [9.17, 15) is 5.11 Å². The van der Waals surface area contributed by atoms with Crippen molar-refractivity contribution >= 4 is 0 Å². The fraction of sp³-hybridized carbons (Fsp3) is 0.500. The SMILES string of the molecule is CCc1cccnc1C(N)C(C)O. The lowest BCUT2D eigenvalue weighted by Gasteiger charge is -2.16. The van der Waals surface area contributed by atoms with Crippen molar-refractivity contribution in [3.8, 4) is 0 Å². The third-order valence-corrected chi connectivity index (χ3v) is 2.14. The van der Waals surface area contributed by atoms with Gasteiger partial charge in [-0.15, -0.1) is 0 Å². The van der Waals surface area contributed by atoms with Gasteiger partial charge in [-0.05, 0) is 25.0 Å². The zero-order valence-electron chi connectivity index (χ0n) is 8.07. The fourth-order valence-corrected chi connectivity index (χ4v) is 1.28. The molecule has 0 bridgehead atoms. The molecule has 13 heavy (non-hydrogen) atoms. The molecule has 2 unspecified atom stereocenters. The largest absolute Gasteiger partial charge is 0.391 e. The standard InChI is InChI=1S/C10H16N2O/c1-3-8-5-4-6-12-10(8)9(11)7(2)13/h4-7,9,13H,3,11H2,1-2H3. The number of hydrogen-bond acceptors (Lipinski definition) is 3. The second-order valence-corrected chi connectivity index (χ2v) is 3.17. The Morgan fingerprint density at radius 3 is 2.85 bits per heavy atom. The van der Waals surface area contributed by atoms with Gasteiger partial charge in [-0.2, -0.15) is 0 Å². The average Bonchev–Trinajstić information content (AvgIpc) is 2.16. The van der Waals surface area contributed by atoms with Gasteiger partial charge in [-0.1, -0.05) is 13.0 Å². The second kappa shape index (κ2) is 4.35. The molecule has 0 radical (unpaired) electrons. The van der Waals surface area contributed by atoms with Gasteiger partial charge in [0, 0.05) is 6.20 Å². The lowest BCUT2D eigenvalue weighted by molar-refractivity contribution is 0.162. The van der Waals surface area contributed by atoms with Crippen LogP contribution in [-0.2, 0) is 6.42 Å². The molecule has 1 aromatic heterocycles. The molecule has 0 saturated carbocycles. The van der Waals surface area contributed by atoms with Gasteiger partial charge in [-0.25, -0.2) is 0 Å². The topological polar surface area (TPSA) is 59.1 Å². The van der Waals surface area contributed by atoms with Crippen molar-refractivity contribution < 1.29 is 5.11 Å². The molecule has 1 aromatic rings. The Kier molecular flexibility index (Phi) is 3.39. The van der Waals surface area contributed by atoms with Gasteiger partial charge in [0.05, 0.1) is 17.8 Å². The van der Waals surface area contributed by atoms with Crippen LogP contribution in [0.25, 0.3) is 0 Å². The summed E-state index contributed by atoms with van der Waals surface area (Å²) >= 11 is 0. The van der Waals surface area contributed by atoms with Crippen molar-refractivity contribution in [3.05, 3.63) is 29.6 Å². The lowest BCUT2D eigenvalue weighted by atomic mass is 10.0. The first-order valence-corrected chi connectivity index (χ1v) is 4.54. The molecule has 1 rings (SSSR count). The maximum absolute atomic E-state index is 9.33. The zero-order chi connectivity index (χ0) is 9.84. The summed E-state index contributed by atoms with van der Waals surface area (Å²) in [6, 6.07) is 3.50. The zero-order valence-corrected chi connectivity index (χ0v) is 8.07. The van der Waals surface area contributed by atoms with Crippen LogP contribution < -0.4 is 5.73 Å². The van der Waals surface area contributed by atoms with E-state index in [1.54, 1.807) is 13.1 Å². The molecule has 1 heterocycles. The van der Waals surface area contributed by atoms with Crippen molar-refractivity contribution in [2.75, 3.05) is 0 Å². The van der Waals surface area contributed by atoms with E-state index >= 15 is 0 Å². The summed E-state index contributed by atoms with van der Waals surface area (Å²) in [7, 11) is 0. The molecule has 0 saturated heterocycles. The normalized spacial score (nSPS) is 15.4. The predicted octanol–water partition coefficient (Wildman–Crippen LogP) is 1.02. The number of aliphatic hydroxyl groups is 1. The minimum Gasteiger partial charge on any atom is -0.391 e. The van der Waals surface area contributed by atoms with Gasteiger partial charge < -0.3 is 10.8 Å². The molecule has 0 spiro atoms. The second-order valence-electron chi connectivity index (χ2n) is 3.17. The first-order chi connectivity index (χ1) is 6.16. The molecule has 3 nitrogen and oxygen atoms in total. The first-order valence-electron chi connectivity index (χ1n) is 4.54. The number of pyridine rings is 1. The minimum atomic E-state index is -0.555. The van der Waals surface area contributed by atoms with Crippen LogP contribution in [0.5, 0.6) is 0 Å². The number of aryl methyl sites for hydroxylation is 1. The highest BCUT2D eigenvalue weighted by Gasteiger charge is 2.15. The fourth-order valence-electron chi connectivity index (χ4n) is 1.28. The minimum absolute atomic E-state index is 0.379. The third kappa shape index (κ3) is 2.26. The summed E-state index contributed by atoms with van der Waals surface area (Å²) in [4.78, 5) is 4.19. The summed E-state index contributed by atoms with van der Waals surface area (Å²) in [6.07, 6.45) is 2.04. The molecular weight excluding hydrogens is 164 g/mol. The molecule has 0 amide bonds. The number of aromatic nitrogens is 1. The molecule has 0 aliphatic rings. The van der Waals surface area contributed by atoms with E-state index in [2.05, 4.69) is 11.9 Å². The summed E-state index contributed by atoms with van der Waals surface area (Å²) in [5.41, 5.74) is 7.71. The maximum Gasteiger partial charge on any atom is 0.0733 e. The monoisotopic (exact) mass is 180 g/mol. The van der Waals surface area contributed by atoms with Gasteiger partial charge in [0.15, 0.2) is 0 Å². The number of rotatable bonds is 3. The molecular formula is C10H16N2O. The van der Waals surface area contributed by atoms with Crippen LogP contribution in [0.2, 0.25) is 0 Å². The maximum atomic E-state index is 9.33. The Bertz CT molecular complexity index is 273. The molecule has 0 fully saturated rings. The molecule has 0 aromatic carbocycles. The van der Waals surface area contributed by atoms with Gasteiger partial charge >= 0.3 is 0 Å². The Hall–Kier alpha value is -0.930. The molecule has 2 atom stereocenters. The van der Waals surface area contributed by atoms with Crippen LogP contribution in [-0.4, -0.2) is 16.2 Å². The van der Waals surface area contributed by atoms with E-state index in [1.807, 2.05) is 12.1 Å². The number of nitrogens with zero attached hydrogens (tertiary/aromatic N) is 1. The predicted molar refractivity (Wildman–Crippen MR) is 52.2 cm³/mol. The van der Waals surface area contributed by atoms with E-state index in [4.69, 9.17) is 5.73 Å². The highest BCUT2D eigenvalue weighted by molar-refractivity contribution is 5.23. The van der Waals surface area contributed by atoms with Gasteiger partial charge in [0.25, 0.3) is 0 Å². The molecule has 72 valence electrons. The Balaban J connectivity index is 2.98. The average molecular weight is 180 g/mol. The quantitative estimate of drug-likeness (QED) is 0.730. The Morgan fingerprint density at radius 1 is 1.62 bits per heavy atom. The smallest absolute Gasteiger partial charge is 0.0733 e. The van der Waals surface area contributed by atoms with Crippen LogP contribution in [0.4, 0.5) is 0 Å². The van der Waals surface area contributed by atoms with E-state index in [1.165, 1.54) is 0 Å². The van der Waals surface area contributed by atoms with Gasteiger partial charge in [0.2, 0.25) is 0 Å². The highest BCUT2D eigenvalue weighted by Crippen LogP contribution is 2.16. The summed E-state index contributed by atoms with van der Waals surface area (Å²) in [5.74, 6) is 0. The molecule has 3 heteroatoms. The van der Waals surface area contributed by atoms with Crippen LogP contribution in [0.3, 0.4) is 0 Å². The molecule has 0 aliphatic heterocycles. The Labute approximate surface area is 78.6 Å². The van der Waals surface area contributed by atoms with Crippen molar-refractivity contribution in [1.82, 2.24) is 4.98 Å². The van der Waals surface area contributed by atoms with E-state index in [0.717, 1.165) is 17.7 Å². The highest BCUT2D eigenvalue weighted by atomic mass is 16.3. The van der Waals surface area contributed by atoms with E-state index in [-0.39, 0.29) is 6.04 Å². The molecule has 3 N–H and O–H groups in total. The summed E-state index contributed by atoms with van der Waals surface area (Å²) < 4.78 is 0. The number of aliphatic hydroxyl groups excluding tert-OH is 1. The Morgan fingerprint density at radius 2 is 2.31 bits per heavy atom. The first kappa shape index (κ1) is 10.2. The van der Waals surface area contributed by atoms with E-state index < -0.39 is 6.10 Å². The van der Waals surface area contributed by atoms with E-state index in [0.29, 0.717) is 0 Å². The van der Waals surface area contributed by atoms with Crippen LogP contribution in [0, 0.1) is 0 Å². The number of hydrogen-bond donors (Lipinski definition) is 2. The molecule has 0 aliphatic carbocycles.